The molecular weight excluding hydrogens is 261 g/mol. The van der Waals surface area contributed by atoms with Gasteiger partial charge < -0.3 is 15.6 Å². The minimum atomic E-state index is -0.742. The van der Waals surface area contributed by atoms with E-state index in [9.17, 15) is 14.3 Å². The van der Waals surface area contributed by atoms with Crippen molar-refractivity contribution in [2.75, 3.05) is 0 Å². The number of benzene rings is 2. The van der Waals surface area contributed by atoms with E-state index in [0.717, 1.165) is 0 Å². The molecule has 1 amide bonds. The van der Waals surface area contributed by atoms with Crippen molar-refractivity contribution in [1.82, 2.24) is 0 Å². The summed E-state index contributed by atoms with van der Waals surface area (Å²) in [5.74, 6) is -0.675. The van der Waals surface area contributed by atoms with Gasteiger partial charge in [0.2, 0.25) is 5.91 Å². The number of halogens is 1. The Morgan fingerprint density at radius 1 is 1.25 bits per heavy atom. The summed E-state index contributed by atoms with van der Waals surface area (Å²) in [6.45, 7) is 1.55. The molecule has 2 rings (SSSR count). The Balaban J connectivity index is 2.19. The number of amides is 1. The molecule has 0 radical (unpaired) electrons. The van der Waals surface area contributed by atoms with Crippen LogP contribution in [0.25, 0.3) is 0 Å². The summed E-state index contributed by atoms with van der Waals surface area (Å²) >= 11 is 0. The number of carbonyl (C=O) groups excluding carboxylic acids is 1. The van der Waals surface area contributed by atoms with Gasteiger partial charge in [0, 0.05) is 5.56 Å². The maximum atomic E-state index is 13.8. The van der Waals surface area contributed by atoms with E-state index in [0.29, 0.717) is 16.9 Å². The van der Waals surface area contributed by atoms with Gasteiger partial charge in [0.05, 0.1) is 6.10 Å². The molecule has 0 fully saturated rings. The first-order chi connectivity index (χ1) is 9.47. The number of carbonyl (C=O) groups is 1. The minimum Gasteiger partial charge on any atom is -0.454 e. The Morgan fingerprint density at radius 3 is 2.40 bits per heavy atom. The molecule has 3 N–H and O–H groups in total. The lowest BCUT2D eigenvalue weighted by Gasteiger charge is -2.10. The van der Waals surface area contributed by atoms with Crippen LogP contribution in [0, 0.1) is 5.82 Å². The van der Waals surface area contributed by atoms with E-state index >= 15 is 0 Å². The van der Waals surface area contributed by atoms with Crippen molar-refractivity contribution >= 4 is 5.91 Å². The van der Waals surface area contributed by atoms with Crippen LogP contribution in [0.3, 0.4) is 0 Å². The van der Waals surface area contributed by atoms with E-state index in [1.165, 1.54) is 36.4 Å². The van der Waals surface area contributed by atoms with Crippen molar-refractivity contribution in [3.8, 4) is 11.5 Å². The normalized spacial score (nSPS) is 11.9. The van der Waals surface area contributed by atoms with Crippen LogP contribution < -0.4 is 10.5 Å². The molecule has 5 heteroatoms. The molecule has 0 aromatic heterocycles. The van der Waals surface area contributed by atoms with Crippen LogP contribution in [-0.4, -0.2) is 11.0 Å². The average Bonchev–Trinajstić information content (AvgIpc) is 2.41. The second-order valence-corrected chi connectivity index (χ2v) is 4.36. The average molecular weight is 275 g/mol. The first-order valence-corrected chi connectivity index (χ1v) is 6.02. The molecule has 20 heavy (non-hydrogen) atoms. The van der Waals surface area contributed by atoms with E-state index in [-0.39, 0.29) is 5.75 Å². The lowest BCUT2D eigenvalue weighted by atomic mass is 10.1. The van der Waals surface area contributed by atoms with Crippen LogP contribution in [0.1, 0.15) is 28.9 Å². The molecule has 0 bridgehead atoms. The maximum absolute atomic E-state index is 13.8. The quantitative estimate of drug-likeness (QED) is 0.901. The first-order valence-electron chi connectivity index (χ1n) is 6.02. The fourth-order valence-electron chi connectivity index (χ4n) is 1.67. The van der Waals surface area contributed by atoms with Crippen LogP contribution >= 0.6 is 0 Å². The van der Waals surface area contributed by atoms with Crippen LogP contribution in [-0.2, 0) is 0 Å². The number of nitrogens with two attached hydrogens (primary N) is 1. The molecule has 1 atom stereocenters. The van der Waals surface area contributed by atoms with Gasteiger partial charge in [0.25, 0.3) is 0 Å². The molecule has 0 saturated heterocycles. The Bertz CT molecular complexity index is 624. The summed E-state index contributed by atoms with van der Waals surface area (Å²) in [5, 5.41) is 9.36. The summed E-state index contributed by atoms with van der Waals surface area (Å²) in [6, 6.07) is 10.3. The highest BCUT2D eigenvalue weighted by Gasteiger charge is 2.09. The zero-order valence-corrected chi connectivity index (χ0v) is 10.8. The van der Waals surface area contributed by atoms with Crippen LogP contribution in [0.15, 0.2) is 42.5 Å². The van der Waals surface area contributed by atoms with E-state index in [2.05, 4.69) is 0 Å². The van der Waals surface area contributed by atoms with E-state index in [1.54, 1.807) is 13.0 Å². The van der Waals surface area contributed by atoms with Gasteiger partial charge in [0.15, 0.2) is 11.6 Å². The highest BCUT2D eigenvalue weighted by atomic mass is 19.1. The summed E-state index contributed by atoms with van der Waals surface area (Å²) < 4.78 is 19.2. The number of aliphatic hydroxyl groups excluding tert-OH is 1. The van der Waals surface area contributed by atoms with Gasteiger partial charge in [0.1, 0.15) is 5.75 Å². The number of aliphatic hydroxyl groups is 1. The molecule has 0 saturated carbocycles. The fraction of sp³-hybridized carbons (Fsp3) is 0.133. The predicted molar refractivity (Wildman–Crippen MR) is 72.1 cm³/mol. The number of primary amides is 1. The van der Waals surface area contributed by atoms with Crippen LogP contribution in [0.5, 0.6) is 11.5 Å². The van der Waals surface area contributed by atoms with Gasteiger partial charge in [-0.15, -0.1) is 0 Å². The van der Waals surface area contributed by atoms with Gasteiger partial charge in [-0.2, -0.15) is 0 Å². The Morgan fingerprint density at radius 2 is 1.90 bits per heavy atom. The predicted octanol–water partition coefficient (Wildman–Crippen LogP) is 2.77. The summed E-state index contributed by atoms with van der Waals surface area (Å²) in [4.78, 5) is 10.9. The first kappa shape index (κ1) is 14.0. The number of hydrogen-bond acceptors (Lipinski definition) is 3. The van der Waals surface area contributed by atoms with Crippen molar-refractivity contribution in [2.45, 2.75) is 13.0 Å². The smallest absolute Gasteiger partial charge is 0.248 e. The van der Waals surface area contributed by atoms with Crippen molar-refractivity contribution in [1.29, 1.82) is 0 Å². The van der Waals surface area contributed by atoms with Crippen molar-refractivity contribution in [3.05, 3.63) is 59.4 Å². The van der Waals surface area contributed by atoms with Gasteiger partial charge in [-0.25, -0.2) is 4.39 Å². The second-order valence-electron chi connectivity index (χ2n) is 4.36. The molecule has 0 spiro atoms. The molecular formula is C15H14FNO3. The molecule has 2 aromatic rings. The summed E-state index contributed by atoms with van der Waals surface area (Å²) in [5.41, 5.74) is 5.94. The van der Waals surface area contributed by atoms with Crippen molar-refractivity contribution < 1.29 is 19.0 Å². The summed E-state index contributed by atoms with van der Waals surface area (Å²) in [7, 11) is 0. The topological polar surface area (TPSA) is 72.6 Å². The van der Waals surface area contributed by atoms with E-state index in [1.807, 2.05) is 0 Å². The third-order valence-electron chi connectivity index (χ3n) is 2.80. The van der Waals surface area contributed by atoms with Gasteiger partial charge in [-0.05, 0) is 48.9 Å². The SMILES string of the molecule is CC(O)c1ccc(Oc2ccc(C(N)=O)cc2)c(F)c1. The molecule has 0 aliphatic carbocycles. The zero-order chi connectivity index (χ0) is 14.7. The van der Waals surface area contributed by atoms with Crippen LogP contribution in [0.4, 0.5) is 4.39 Å². The van der Waals surface area contributed by atoms with Crippen molar-refractivity contribution in [3.63, 3.8) is 0 Å². The molecule has 4 nitrogen and oxygen atoms in total. The molecule has 0 aliphatic heterocycles. The van der Waals surface area contributed by atoms with Crippen molar-refractivity contribution in [2.24, 2.45) is 5.73 Å². The monoisotopic (exact) mass is 275 g/mol. The molecule has 0 aliphatic rings. The summed E-state index contributed by atoms with van der Waals surface area (Å²) in [6.07, 6.45) is -0.742. The fourth-order valence-corrected chi connectivity index (χ4v) is 1.67. The lowest BCUT2D eigenvalue weighted by molar-refractivity contribution is 0.100. The number of rotatable bonds is 4. The Labute approximate surface area is 115 Å². The standard InChI is InChI=1S/C15H14FNO3/c1-9(18)11-4-7-14(13(16)8-11)20-12-5-2-10(3-6-12)15(17)19/h2-9,18H,1H3,(H2,17,19). The third kappa shape index (κ3) is 3.13. The minimum absolute atomic E-state index is 0.0428. The van der Waals surface area contributed by atoms with Gasteiger partial charge in [-0.1, -0.05) is 6.07 Å². The third-order valence-corrected chi connectivity index (χ3v) is 2.80. The molecule has 1 unspecified atom stereocenters. The Kier molecular flexibility index (Phi) is 4.00. The zero-order valence-electron chi connectivity index (χ0n) is 10.8. The molecule has 0 heterocycles. The highest BCUT2D eigenvalue weighted by molar-refractivity contribution is 5.92. The maximum Gasteiger partial charge on any atom is 0.248 e. The highest BCUT2D eigenvalue weighted by Crippen LogP contribution is 2.27. The van der Waals surface area contributed by atoms with E-state index in [4.69, 9.17) is 10.5 Å². The largest absolute Gasteiger partial charge is 0.454 e. The molecule has 104 valence electrons. The van der Waals surface area contributed by atoms with Crippen LogP contribution in [0.2, 0.25) is 0 Å². The van der Waals surface area contributed by atoms with Gasteiger partial charge >= 0.3 is 0 Å². The Hall–Kier alpha value is -2.40. The van der Waals surface area contributed by atoms with E-state index < -0.39 is 17.8 Å². The number of ether oxygens (including phenoxy) is 1. The number of hydrogen-bond donors (Lipinski definition) is 2. The van der Waals surface area contributed by atoms with Gasteiger partial charge in [-0.3, -0.25) is 4.79 Å². The molecule has 2 aromatic carbocycles. The second kappa shape index (κ2) is 5.71. The lowest BCUT2D eigenvalue weighted by Crippen LogP contribution is -2.10.